The lowest BCUT2D eigenvalue weighted by Gasteiger charge is -2.37. The predicted octanol–water partition coefficient (Wildman–Crippen LogP) is 0.649. The van der Waals surface area contributed by atoms with Crippen molar-refractivity contribution in [2.45, 2.75) is 13.0 Å². The lowest BCUT2D eigenvalue weighted by Crippen LogP contribution is -2.56. The minimum Gasteiger partial charge on any atom is -0.497 e. The molecule has 1 aromatic carbocycles. The van der Waals surface area contributed by atoms with E-state index in [4.69, 9.17) is 14.5 Å². The van der Waals surface area contributed by atoms with Crippen LogP contribution in [0.5, 0.6) is 5.75 Å². The third-order valence-electron chi connectivity index (χ3n) is 4.90. The molecule has 0 bridgehead atoms. The van der Waals surface area contributed by atoms with Gasteiger partial charge in [-0.3, -0.25) is 14.9 Å². The molecule has 8 nitrogen and oxygen atoms in total. The Kier molecular flexibility index (Phi) is 5.95. The van der Waals surface area contributed by atoms with Gasteiger partial charge in [-0.1, -0.05) is 12.1 Å². The van der Waals surface area contributed by atoms with E-state index >= 15 is 0 Å². The highest BCUT2D eigenvalue weighted by atomic mass is 16.5. The second-order valence-electron chi connectivity index (χ2n) is 6.68. The second kappa shape index (κ2) is 8.39. The third-order valence-corrected chi connectivity index (χ3v) is 4.90. The van der Waals surface area contributed by atoms with Crippen LogP contribution in [0.25, 0.3) is 0 Å². The second-order valence-corrected chi connectivity index (χ2v) is 6.68. The molecule has 0 spiro atoms. The summed E-state index contributed by atoms with van der Waals surface area (Å²) in [6.07, 6.45) is 0. The van der Waals surface area contributed by atoms with Crippen molar-refractivity contribution in [2.75, 3.05) is 46.9 Å². The van der Waals surface area contributed by atoms with Gasteiger partial charge in [-0.2, -0.15) is 0 Å². The number of carbonyl (C=O) groups excluding carboxylic acids is 2. The molecule has 1 fully saturated rings. The lowest BCUT2D eigenvalue weighted by atomic mass is 9.91. The maximum Gasteiger partial charge on any atom is 0.321 e. The highest BCUT2D eigenvalue weighted by Crippen LogP contribution is 2.32. The van der Waals surface area contributed by atoms with Crippen molar-refractivity contribution in [1.29, 1.82) is 0 Å². The molecule has 8 heteroatoms. The van der Waals surface area contributed by atoms with E-state index in [1.807, 2.05) is 12.1 Å². The largest absolute Gasteiger partial charge is 0.497 e. The first-order chi connectivity index (χ1) is 13.0. The maximum absolute atomic E-state index is 12.8. The Morgan fingerprint density at radius 2 is 1.89 bits per heavy atom. The van der Waals surface area contributed by atoms with Crippen molar-refractivity contribution in [3.63, 3.8) is 0 Å². The fraction of sp³-hybridized carbons (Fsp3) is 0.526. The number of rotatable bonds is 4. The van der Waals surface area contributed by atoms with Crippen molar-refractivity contribution in [1.82, 2.24) is 15.1 Å². The smallest absolute Gasteiger partial charge is 0.321 e. The summed E-state index contributed by atoms with van der Waals surface area (Å²) in [5.41, 5.74) is 0.773. The van der Waals surface area contributed by atoms with Crippen LogP contribution in [0.3, 0.4) is 0 Å². The molecule has 1 saturated heterocycles. The number of hydrogen-bond donors (Lipinski definition) is 1. The average Bonchev–Trinajstić information content (AvgIpc) is 2.68. The van der Waals surface area contributed by atoms with Gasteiger partial charge in [-0.25, -0.2) is 4.99 Å². The molecule has 2 aliphatic rings. The zero-order valence-electron chi connectivity index (χ0n) is 16.0. The minimum absolute atomic E-state index is 0.215. The quantitative estimate of drug-likeness (QED) is 0.615. The third kappa shape index (κ3) is 4.21. The number of guanidine groups is 1. The Morgan fingerprint density at radius 1 is 1.22 bits per heavy atom. The maximum atomic E-state index is 12.8. The first-order valence-electron chi connectivity index (χ1n) is 9.16. The molecule has 0 aliphatic carbocycles. The molecule has 2 heterocycles. The van der Waals surface area contributed by atoms with E-state index in [0.29, 0.717) is 11.7 Å². The van der Waals surface area contributed by atoms with Crippen LogP contribution in [0.2, 0.25) is 0 Å². The summed E-state index contributed by atoms with van der Waals surface area (Å²) in [6, 6.07) is 6.64. The normalized spacial score (nSPS) is 23.4. The van der Waals surface area contributed by atoms with E-state index in [1.165, 1.54) is 0 Å². The van der Waals surface area contributed by atoms with Gasteiger partial charge >= 0.3 is 5.97 Å². The van der Waals surface area contributed by atoms with Gasteiger partial charge in [0.1, 0.15) is 11.8 Å². The molecule has 0 unspecified atom stereocenters. The van der Waals surface area contributed by atoms with Crippen LogP contribution in [0.4, 0.5) is 0 Å². The molecule has 3 rings (SSSR count). The van der Waals surface area contributed by atoms with Gasteiger partial charge in [-0.05, 0) is 31.7 Å². The van der Waals surface area contributed by atoms with Crippen molar-refractivity contribution in [3.05, 3.63) is 29.8 Å². The van der Waals surface area contributed by atoms with Crippen molar-refractivity contribution < 1.29 is 19.1 Å². The van der Waals surface area contributed by atoms with Gasteiger partial charge < -0.3 is 19.3 Å². The molecular weight excluding hydrogens is 348 g/mol. The van der Waals surface area contributed by atoms with Gasteiger partial charge in [0.25, 0.3) is 0 Å². The Balaban J connectivity index is 1.93. The number of hydrogen-bond acceptors (Lipinski definition) is 7. The number of ether oxygens (including phenoxy) is 2. The molecule has 1 amide bonds. The number of piperazine rings is 1. The molecule has 0 radical (unpaired) electrons. The molecule has 1 aromatic rings. The van der Waals surface area contributed by atoms with Gasteiger partial charge in [0.05, 0.1) is 13.7 Å². The van der Waals surface area contributed by atoms with Crippen LogP contribution >= 0.6 is 0 Å². The first-order valence-corrected chi connectivity index (χ1v) is 9.16. The van der Waals surface area contributed by atoms with Crippen molar-refractivity contribution in [3.8, 4) is 5.75 Å². The van der Waals surface area contributed by atoms with Crippen LogP contribution in [-0.2, 0) is 14.3 Å². The molecular formula is C19H26N4O4. The number of nitrogens with one attached hydrogen (secondary N) is 1. The van der Waals surface area contributed by atoms with E-state index in [0.717, 1.165) is 31.7 Å². The van der Waals surface area contributed by atoms with E-state index in [-0.39, 0.29) is 12.5 Å². The fourth-order valence-electron chi connectivity index (χ4n) is 3.28. The number of likely N-dealkylation sites (N-methyl/N-ethyl adjacent to an activating group) is 1. The molecule has 1 N–H and O–H groups in total. The number of nitrogens with zero attached hydrogens (tertiary/aromatic N) is 3. The van der Waals surface area contributed by atoms with Gasteiger partial charge in [-0.15, -0.1) is 0 Å². The predicted molar refractivity (Wildman–Crippen MR) is 101 cm³/mol. The Labute approximate surface area is 159 Å². The zero-order valence-corrected chi connectivity index (χ0v) is 16.0. The fourth-order valence-corrected chi connectivity index (χ4v) is 3.28. The standard InChI is InChI=1S/C19H26N4O4/c1-4-27-18(25)15-16(13-5-7-14(26-3)8-6-13)20-19(21-17(15)24)23-11-9-22(2)10-12-23/h5-8,15-16H,4,9-12H2,1-3H3,(H,20,21,24)/t15-,16-/m0/s1. The van der Waals surface area contributed by atoms with E-state index in [1.54, 1.807) is 26.2 Å². The molecule has 0 saturated carbocycles. The Bertz CT molecular complexity index is 711. The first kappa shape index (κ1) is 19.2. The minimum atomic E-state index is -1.01. The number of carbonyl (C=O) groups is 2. The number of amides is 1. The van der Waals surface area contributed by atoms with Crippen LogP contribution in [0.1, 0.15) is 18.5 Å². The van der Waals surface area contributed by atoms with E-state index in [9.17, 15) is 9.59 Å². The lowest BCUT2D eigenvalue weighted by molar-refractivity contribution is -0.153. The summed E-state index contributed by atoms with van der Waals surface area (Å²) in [4.78, 5) is 34.2. The number of methoxy groups -OCH3 is 1. The molecule has 2 aliphatic heterocycles. The van der Waals surface area contributed by atoms with E-state index in [2.05, 4.69) is 22.2 Å². The molecule has 146 valence electrons. The SMILES string of the molecule is CCOC(=O)[C@@H]1C(=O)NC(N2CCN(C)CC2)=N[C@H]1c1ccc(OC)cc1. The summed E-state index contributed by atoms with van der Waals surface area (Å²) in [6.45, 7) is 5.27. The van der Waals surface area contributed by atoms with Crippen molar-refractivity contribution >= 4 is 17.8 Å². The summed E-state index contributed by atoms with van der Waals surface area (Å²) >= 11 is 0. The zero-order chi connectivity index (χ0) is 19.4. The highest BCUT2D eigenvalue weighted by Gasteiger charge is 2.42. The van der Waals surface area contributed by atoms with Gasteiger partial charge in [0.2, 0.25) is 11.9 Å². The molecule has 2 atom stereocenters. The van der Waals surface area contributed by atoms with Crippen LogP contribution in [0.15, 0.2) is 29.3 Å². The number of aliphatic imine (C=N–C) groups is 1. The molecule has 27 heavy (non-hydrogen) atoms. The topological polar surface area (TPSA) is 83.5 Å². The van der Waals surface area contributed by atoms with Gasteiger partial charge in [0.15, 0.2) is 5.92 Å². The summed E-state index contributed by atoms with van der Waals surface area (Å²) < 4.78 is 10.3. The summed E-state index contributed by atoms with van der Waals surface area (Å²) in [7, 11) is 3.66. The highest BCUT2D eigenvalue weighted by molar-refractivity contribution is 6.08. The van der Waals surface area contributed by atoms with Crippen molar-refractivity contribution in [2.24, 2.45) is 10.9 Å². The van der Waals surface area contributed by atoms with Crippen LogP contribution < -0.4 is 10.1 Å². The number of benzene rings is 1. The Hall–Kier alpha value is -2.61. The Morgan fingerprint density at radius 3 is 2.48 bits per heavy atom. The molecule has 0 aromatic heterocycles. The average molecular weight is 374 g/mol. The number of esters is 1. The summed E-state index contributed by atoms with van der Waals surface area (Å²) in [5, 5.41) is 2.81. The van der Waals surface area contributed by atoms with Gasteiger partial charge in [0, 0.05) is 26.2 Å². The van der Waals surface area contributed by atoms with E-state index < -0.39 is 17.9 Å². The van der Waals surface area contributed by atoms with Crippen LogP contribution in [-0.4, -0.2) is 74.6 Å². The summed E-state index contributed by atoms with van der Waals surface area (Å²) in [5.74, 6) is -0.714. The monoisotopic (exact) mass is 374 g/mol. The van der Waals surface area contributed by atoms with Crippen LogP contribution in [0, 0.1) is 5.92 Å².